The van der Waals surface area contributed by atoms with Crippen LogP contribution in [-0.4, -0.2) is 71.6 Å². The molecule has 0 N–H and O–H groups in total. The van der Waals surface area contributed by atoms with Crippen LogP contribution in [0.25, 0.3) is 0 Å². The zero-order valence-electron chi connectivity index (χ0n) is 15.3. The first-order valence-electron chi connectivity index (χ1n) is 8.50. The highest BCUT2D eigenvalue weighted by Gasteiger charge is 2.45. The molecule has 1 atom stereocenters. The smallest absolute Gasteiger partial charge is 0.253 e. The number of nitrogens with zero attached hydrogens (tertiary/aromatic N) is 4. The predicted molar refractivity (Wildman–Crippen MR) is 91.1 cm³/mol. The van der Waals surface area contributed by atoms with Gasteiger partial charge in [-0.3, -0.25) is 14.3 Å². The molecule has 0 radical (unpaired) electrons. The quantitative estimate of drug-likeness (QED) is 0.734. The van der Waals surface area contributed by atoms with Crippen LogP contribution >= 0.6 is 0 Å². The Hall–Kier alpha value is -1.93. The maximum Gasteiger partial charge on any atom is 0.253 e. The van der Waals surface area contributed by atoms with Crippen molar-refractivity contribution in [3.8, 4) is 0 Å². The number of rotatable bonds is 1. The van der Waals surface area contributed by atoms with Crippen LogP contribution in [-0.2, 0) is 26.1 Å². The largest absolute Gasteiger partial charge is 0.376 e. The Morgan fingerprint density at radius 3 is 2.72 bits per heavy atom. The Morgan fingerprint density at radius 1 is 1.32 bits per heavy atom. The van der Waals surface area contributed by atoms with E-state index < -0.39 is 11.0 Å². The van der Waals surface area contributed by atoms with Crippen LogP contribution in [0, 0.1) is 5.41 Å². The first kappa shape index (κ1) is 17.9. The van der Waals surface area contributed by atoms with Crippen LogP contribution in [0.15, 0.2) is 12.4 Å². The van der Waals surface area contributed by atoms with Gasteiger partial charge in [-0.15, -0.1) is 0 Å². The lowest BCUT2D eigenvalue weighted by Crippen LogP contribution is -2.61. The van der Waals surface area contributed by atoms with Gasteiger partial charge in [-0.25, -0.2) is 0 Å². The minimum atomic E-state index is -0.721. The Bertz CT molecular complexity index is 666. The molecule has 0 aliphatic carbocycles. The average Bonchev–Trinajstić information content (AvgIpc) is 2.87. The van der Waals surface area contributed by atoms with Gasteiger partial charge in [0, 0.05) is 25.2 Å². The van der Waals surface area contributed by atoms with Gasteiger partial charge in [0.25, 0.3) is 5.91 Å². The summed E-state index contributed by atoms with van der Waals surface area (Å²) in [6.07, 6.45) is 3.46. The Balaban J connectivity index is 1.83. The highest BCUT2D eigenvalue weighted by molar-refractivity contribution is 5.95. The molecule has 2 amide bonds. The highest BCUT2D eigenvalue weighted by Crippen LogP contribution is 2.28. The van der Waals surface area contributed by atoms with Crippen molar-refractivity contribution >= 4 is 17.5 Å². The van der Waals surface area contributed by atoms with E-state index in [0.29, 0.717) is 32.8 Å². The van der Waals surface area contributed by atoms with Gasteiger partial charge >= 0.3 is 0 Å². The standard InChI is InChI=1S/C17H26N4O4/c1-16(2,3)15(23)20-5-6-24-12-17(10-20)11-21(14(22)9-25-17)13-7-18-19(4)8-13/h7-8H,5-6,9-12H2,1-4H3/t17-/m0/s1. The molecule has 2 fully saturated rings. The molecule has 8 nitrogen and oxygen atoms in total. The molecule has 8 heteroatoms. The summed E-state index contributed by atoms with van der Waals surface area (Å²) in [7, 11) is 1.81. The molecular formula is C17H26N4O4. The molecule has 0 unspecified atom stereocenters. The van der Waals surface area contributed by atoms with E-state index >= 15 is 0 Å². The summed E-state index contributed by atoms with van der Waals surface area (Å²) in [4.78, 5) is 28.5. The van der Waals surface area contributed by atoms with Gasteiger partial charge in [-0.2, -0.15) is 5.10 Å². The summed E-state index contributed by atoms with van der Waals surface area (Å²) in [5.74, 6) is -0.0534. The number of carbonyl (C=O) groups excluding carboxylic acids is 2. The van der Waals surface area contributed by atoms with E-state index in [4.69, 9.17) is 9.47 Å². The van der Waals surface area contributed by atoms with Crippen LogP contribution in [0.3, 0.4) is 0 Å². The van der Waals surface area contributed by atoms with Crippen molar-refractivity contribution in [2.45, 2.75) is 26.4 Å². The van der Waals surface area contributed by atoms with Crippen molar-refractivity contribution < 1.29 is 19.1 Å². The van der Waals surface area contributed by atoms with Crippen LogP contribution in [0.1, 0.15) is 20.8 Å². The normalized spacial score (nSPS) is 25.4. The molecule has 2 aliphatic heterocycles. The first-order chi connectivity index (χ1) is 11.7. The summed E-state index contributed by atoms with van der Waals surface area (Å²) in [6, 6.07) is 0. The molecule has 1 aromatic rings. The number of morpholine rings is 1. The summed E-state index contributed by atoms with van der Waals surface area (Å²) >= 11 is 0. The molecule has 1 aromatic heterocycles. The number of aryl methyl sites for hydroxylation is 1. The van der Waals surface area contributed by atoms with Crippen molar-refractivity contribution in [3.05, 3.63) is 12.4 Å². The van der Waals surface area contributed by atoms with Gasteiger partial charge < -0.3 is 19.3 Å². The summed E-state index contributed by atoms with van der Waals surface area (Å²) in [5.41, 5.74) is -0.464. The van der Waals surface area contributed by atoms with Crippen molar-refractivity contribution in [3.63, 3.8) is 0 Å². The Morgan fingerprint density at radius 2 is 2.08 bits per heavy atom. The van der Waals surface area contributed by atoms with Gasteiger partial charge in [0.1, 0.15) is 12.2 Å². The molecule has 3 heterocycles. The molecule has 0 aromatic carbocycles. The SMILES string of the molecule is Cn1cc(N2C[C@@]3(COCCN(C(=O)C(C)(C)C)C3)OCC2=O)cn1. The zero-order valence-corrected chi connectivity index (χ0v) is 15.3. The van der Waals surface area contributed by atoms with E-state index in [1.807, 2.05) is 27.8 Å². The predicted octanol–water partition coefficient (Wildman–Crippen LogP) is 0.427. The molecular weight excluding hydrogens is 324 g/mol. The number of carbonyl (C=O) groups is 2. The second-order valence-corrected chi connectivity index (χ2v) is 7.85. The average molecular weight is 350 g/mol. The molecule has 25 heavy (non-hydrogen) atoms. The third-order valence-electron chi connectivity index (χ3n) is 4.53. The minimum Gasteiger partial charge on any atom is -0.376 e. The Kier molecular flexibility index (Phi) is 4.59. The second-order valence-electron chi connectivity index (χ2n) is 7.85. The summed E-state index contributed by atoms with van der Waals surface area (Å²) < 4.78 is 13.3. The van der Waals surface area contributed by atoms with E-state index in [9.17, 15) is 9.59 Å². The van der Waals surface area contributed by atoms with Crippen molar-refractivity contribution in [1.29, 1.82) is 0 Å². The number of aromatic nitrogens is 2. The molecule has 138 valence electrons. The van der Waals surface area contributed by atoms with Gasteiger partial charge in [-0.1, -0.05) is 20.8 Å². The van der Waals surface area contributed by atoms with Gasteiger partial charge in [0.15, 0.2) is 0 Å². The zero-order chi connectivity index (χ0) is 18.2. The maximum atomic E-state index is 12.7. The number of hydrogen-bond acceptors (Lipinski definition) is 5. The van der Waals surface area contributed by atoms with Crippen LogP contribution < -0.4 is 4.90 Å². The lowest BCUT2D eigenvalue weighted by Gasteiger charge is -2.43. The van der Waals surface area contributed by atoms with E-state index in [-0.39, 0.29) is 18.4 Å². The van der Waals surface area contributed by atoms with E-state index in [1.54, 1.807) is 26.9 Å². The highest BCUT2D eigenvalue weighted by atomic mass is 16.6. The molecule has 2 aliphatic rings. The molecule has 0 bridgehead atoms. The van der Waals surface area contributed by atoms with Crippen LogP contribution in [0.5, 0.6) is 0 Å². The van der Waals surface area contributed by atoms with Crippen molar-refractivity contribution in [1.82, 2.24) is 14.7 Å². The topological polar surface area (TPSA) is 76.9 Å². The van der Waals surface area contributed by atoms with E-state index in [2.05, 4.69) is 5.10 Å². The summed E-state index contributed by atoms with van der Waals surface area (Å²) in [5, 5.41) is 4.14. The number of hydrogen-bond donors (Lipinski definition) is 0. The van der Waals surface area contributed by atoms with E-state index in [1.165, 1.54) is 0 Å². The van der Waals surface area contributed by atoms with Crippen LogP contribution in [0.4, 0.5) is 5.69 Å². The lowest BCUT2D eigenvalue weighted by molar-refractivity contribution is -0.152. The van der Waals surface area contributed by atoms with Gasteiger partial charge in [0.2, 0.25) is 5.91 Å². The molecule has 3 rings (SSSR count). The molecule has 1 spiro atoms. The van der Waals surface area contributed by atoms with Gasteiger partial charge in [-0.05, 0) is 0 Å². The lowest BCUT2D eigenvalue weighted by atomic mass is 9.93. The van der Waals surface area contributed by atoms with Crippen molar-refractivity contribution in [2.75, 3.05) is 44.4 Å². The minimum absolute atomic E-state index is 0.0319. The second kappa shape index (κ2) is 6.42. The molecule has 2 saturated heterocycles. The fourth-order valence-corrected chi connectivity index (χ4v) is 3.23. The Labute approximate surface area is 147 Å². The van der Waals surface area contributed by atoms with Gasteiger partial charge in [0.05, 0.1) is 38.2 Å². The number of anilines is 1. The monoisotopic (exact) mass is 350 g/mol. The van der Waals surface area contributed by atoms with Crippen molar-refractivity contribution in [2.24, 2.45) is 12.5 Å². The third-order valence-corrected chi connectivity index (χ3v) is 4.53. The first-order valence-corrected chi connectivity index (χ1v) is 8.50. The fourth-order valence-electron chi connectivity index (χ4n) is 3.23. The number of amides is 2. The molecule has 0 saturated carbocycles. The van der Waals surface area contributed by atoms with E-state index in [0.717, 1.165) is 5.69 Å². The van der Waals surface area contributed by atoms with Crippen LogP contribution in [0.2, 0.25) is 0 Å². The summed E-state index contributed by atoms with van der Waals surface area (Å²) in [6.45, 7) is 7.78. The number of ether oxygens (including phenoxy) is 2. The maximum absolute atomic E-state index is 12.7. The fraction of sp³-hybridized carbons (Fsp3) is 0.706. The third kappa shape index (κ3) is 3.69.